The summed E-state index contributed by atoms with van der Waals surface area (Å²) in [6, 6.07) is 1.49. The van der Waals surface area contributed by atoms with Gasteiger partial charge in [0.05, 0.1) is 16.8 Å². The standard InChI is InChI=1S/C18H21F3N2O2S/c1-6-10(2)23-15-11(3)12(14-8-26-9-22-14)7-13(17(4,5)24)16(15)25-18(19,20)21/h7-9,24H,6H2,1-5H3. The first-order valence-electron chi connectivity index (χ1n) is 8.03. The SMILES string of the molecule is CCC(C)=Nc1c(C)c(-c2cscn2)cc(C(C)(C)O)c1OC(F)(F)F. The van der Waals surface area contributed by atoms with Crippen molar-refractivity contribution in [2.45, 2.75) is 53.0 Å². The molecule has 2 rings (SSSR count). The highest BCUT2D eigenvalue weighted by atomic mass is 32.1. The smallest absolute Gasteiger partial charge is 0.403 e. The van der Waals surface area contributed by atoms with E-state index in [0.29, 0.717) is 29.0 Å². The summed E-state index contributed by atoms with van der Waals surface area (Å²) in [5.74, 6) is -0.478. The van der Waals surface area contributed by atoms with Crippen LogP contribution < -0.4 is 4.74 Å². The number of benzene rings is 1. The molecule has 0 spiro atoms. The van der Waals surface area contributed by atoms with Gasteiger partial charge in [-0.2, -0.15) is 0 Å². The van der Waals surface area contributed by atoms with Gasteiger partial charge in [-0.15, -0.1) is 24.5 Å². The van der Waals surface area contributed by atoms with Gasteiger partial charge in [0.2, 0.25) is 0 Å². The van der Waals surface area contributed by atoms with E-state index >= 15 is 0 Å². The first-order chi connectivity index (χ1) is 11.9. The summed E-state index contributed by atoms with van der Waals surface area (Å²) in [6.45, 7) is 8.08. The third kappa shape index (κ3) is 4.62. The van der Waals surface area contributed by atoms with Crippen LogP contribution in [0.1, 0.15) is 45.2 Å². The fraction of sp³-hybridized carbons (Fsp3) is 0.444. The van der Waals surface area contributed by atoms with Gasteiger partial charge >= 0.3 is 6.36 Å². The average Bonchev–Trinajstić information content (AvgIpc) is 3.02. The van der Waals surface area contributed by atoms with Crippen molar-refractivity contribution in [3.8, 4) is 17.0 Å². The molecule has 0 saturated carbocycles. The van der Waals surface area contributed by atoms with Crippen LogP contribution >= 0.6 is 11.3 Å². The van der Waals surface area contributed by atoms with E-state index in [1.165, 1.54) is 31.3 Å². The molecule has 0 atom stereocenters. The molecule has 0 aliphatic rings. The van der Waals surface area contributed by atoms with Gasteiger partial charge in [-0.05, 0) is 45.7 Å². The molecule has 0 bridgehead atoms. The predicted octanol–water partition coefficient (Wildman–Crippen LogP) is 5.75. The fourth-order valence-electron chi connectivity index (χ4n) is 2.43. The van der Waals surface area contributed by atoms with Crippen molar-refractivity contribution < 1.29 is 23.0 Å². The lowest BCUT2D eigenvalue weighted by atomic mass is 9.90. The second-order valence-corrected chi connectivity index (χ2v) is 7.17. The number of aliphatic hydroxyl groups is 1. The first kappa shape index (κ1) is 20.4. The van der Waals surface area contributed by atoms with Crippen LogP contribution in [0.2, 0.25) is 0 Å². The van der Waals surface area contributed by atoms with Gasteiger partial charge in [0, 0.05) is 22.2 Å². The highest BCUT2D eigenvalue weighted by molar-refractivity contribution is 7.07. The minimum Gasteiger partial charge on any atom is -0.403 e. The molecule has 0 fully saturated rings. The van der Waals surface area contributed by atoms with Gasteiger partial charge < -0.3 is 9.84 Å². The Morgan fingerprint density at radius 3 is 2.46 bits per heavy atom. The van der Waals surface area contributed by atoms with Crippen molar-refractivity contribution in [1.29, 1.82) is 0 Å². The molecular formula is C18H21F3N2O2S. The second kappa shape index (κ2) is 7.36. The van der Waals surface area contributed by atoms with Gasteiger partial charge in [-0.3, -0.25) is 4.99 Å². The molecule has 142 valence electrons. The Kier molecular flexibility index (Phi) is 5.77. The van der Waals surface area contributed by atoms with E-state index in [1.54, 1.807) is 24.7 Å². The molecule has 1 aromatic carbocycles. The summed E-state index contributed by atoms with van der Waals surface area (Å²) in [7, 11) is 0. The molecule has 2 aromatic rings. The molecule has 0 saturated heterocycles. The van der Waals surface area contributed by atoms with Gasteiger partial charge in [-0.25, -0.2) is 4.98 Å². The molecule has 1 heterocycles. The number of hydrogen-bond donors (Lipinski definition) is 1. The average molecular weight is 386 g/mol. The fourth-order valence-corrected chi connectivity index (χ4v) is 2.99. The predicted molar refractivity (Wildman–Crippen MR) is 97.3 cm³/mol. The Labute approximate surface area is 154 Å². The zero-order valence-corrected chi connectivity index (χ0v) is 16.0. The molecule has 0 radical (unpaired) electrons. The van der Waals surface area contributed by atoms with E-state index in [2.05, 4.69) is 14.7 Å². The minimum absolute atomic E-state index is 0.00563. The van der Waals surface area contributed by atoms with E-state index in [9.17, 15) is 18.3 Å². The molecule has 0 aliphatic carbocycles. The number of rotatable bonds is 5. The van der Waals surface area contributed by atoms with Crippen LogP contribution in [0.15, 0.2) is 21.9 Å². The van der Waals surface area contributed by atoms with E-state index in [0.717, 1.165) is 0 Å². The van der Waals surface area contributed by atoms with E-state index < -0.39 is 17.7 Å². The molecule has 1 N–H and O–H groups in total. The van der Waals surface area contributed by atoms with E-state index in [-0.39, 0.29) is 11.3 Å². The monoisotopic (exact) mass is 386 g/mol. The lowest BCUT2D eigenvalue weighted by Gasteiger charge is -2.26. The summed E-state index contributed by atoms with van der Waals surface area (Å²) in [5, 5.41) is 12.3. The number of aliphatic imine (C=N–C) groups is 1. The molecule has 1 aromatic heterocycles. The summed E-state index contributed by atoms with van der Waals surface area (Å²) < 4.78 is 43.5. The molecule has 0 amide bonds. The molecule has 26 heavy (non-hydrogen) atoms. The molecular weight excluding hydrogens is 365 g/mol. The summed E-state index contributed by atoms with van der Waals surface area (Å²) in [4.78, 5) is 8.60. The first-order valence-corrected chi connectivity index (χ1v) is 8.97. The van der Waals surface area contributed by atoms with Crippen LogP contribution in [0.4, 0.5) is 18.9 Å². The third-order valence-corrected chi connectivity index (χ3v) is 4.49. The molecule has 4 nitrogen and oxygen atoms in total. The second-order valence-electron chi connectivity index (χ2n) is 6.46. The number of aromatic nitrogens is 1. The molecule has 0 aliphatic heterocycles. The summed E-state index contributed by atoms with van der Waals surface area (Å²) in [5.41, 5.74) is 2.52. The maximum absolute atomic E-state index is 13.1. The Hall–Kier alpha value is -1.93. The summed E-state index contributed by atoms with van der Waals surface area (Å²) >= 11 is 1.37. The Morgan fingerprint density at radius 2 is 2.00 bits per heavy atom. The van der Waals surface area contributed by atoms with Crippen molar-refractivity contribution in [3.63, 3.8) is 0 Å². The maximum atomic E-state index is 13.1. The van der Waals surface area contributed by atoms with E-state index in [1.807, 2.05) is 6.92 Å². The largest absolute Gasteiger partial charge is 0.573 e. The zero-order chi connectivity index (χ0) is 19.7. The Morgan fingerprint density at radius 1 is 1.35 bits per heavy atom. The molecule has 8 heteroatoms. The zero-order valence-electron chi connectivity index (χ0n) is 15.2. The van der Waals surface area contributed by atoms with Crippen molar-refractivity contribution in [3.05, 3.63) is 28.1 Å². The maximum Gasteiger partial charge on any atom is 0.573 e. The molecule has 0 unspecified atom stereocenters. The number of halogens is 3. The van der Waals surface area contributed by atoms with Crippen molar-refractivity contribution in [1.82, 2.24) is 4.98 Å². The van der Waals surface area contributed by atoms with Crippen molar-refractivity contribution in [2.75, 3.05) is 0 Å². The number of thiazole rings is 1. The van der Waals surface area contributed by atoms with Crippen LogP contribution in [0.3, 0.4) is 0 Å². The Balaban J connectivity index is 2.89. The summed E-state index contributed by atoms with van der Waals surface area (Å²) in [6.07, 6.45) is -4.33. The number of ether oxygens (including phenoxy) is 1. The van der Waals surface area contributed by atoms with Crippen LogP contribution in [0.5, 0.6) is 5.75 Å². The van der Waals surface area contributed by atoms with E-state index in [4.69, 9.17) is 0 Å². The lowest BCUT2D eigenvalue weighted by molar-refractivity contribution is -0.275. The van der Waals surface area contributed by atoms with Crippen molar-refractivity contribution in [2.24, 2.45) is 4.99 Å². The Bertz CT molecular complexity index is 807. The lowest BCUT2D eigenvalue weighted by Crippen LogP contribution is -2.23. The van der Waals surface area contributed by atoms with Gasteiger partial charge in [0.25, 0.3) is 0 Å². The van der Waals surface area contributed by atoms with Crippen molar-refractivity contribution >= 4 is 22.7 Å². The highest BCUT2D eigenvalue weighted by Crippen LogP contribution is 2.46. The van der Waals surface area contributed by atoms with Crippen LogP contribution in [-0.4, -0.2) is 22.2 Å². The number of nitrogens with zero attached hydrogens (tertiary/aromatic N) is 2. The van der Waals surface area contributed by atoms with Gasteiger partial charge in [0.15, 0.2) is 5.75 Å². The van der Waals surface area contributed by atoms with Gasteiger partial charge in [0.1, 0.15) is 5.69 Å². The van der Waals surface area contributed by atoms with Crippen LogP contribution in [-0.2, 0) is 5.60 Å². The highest BCUT2D eigenvalue weighted by Gasteiger charge is 2.37. The quantitative estimate of drug-likeness (QED) is 0.666. The normalized spacial score (nSPS) is 13.2. The van der Waals surface area contributed by atoms with Gasteiger partial charge in [-0.1, -0.05) is 6.92 Å². The van der Waals surface area contributed by atoms with Crippen LogP contribution in [0.25, 0.3) is 11.3 Å². The minimum atomic E-state index is -4.90. The third-order valence-electron chi connectivity index (χ3n) is 3.91. The number of alkyl halides is 3. The van der Waals surface area contributed by atoms with Crippen LogP contribution in [0, 0.1) is 6.92 Å². The topological polar surface area (TPSA) is 54.7 Å². The number of hydrogen-bond acceptors (Lipinski definition) is 5.